The number of para-hydroxylation sites is 1. The SMILES string of the molecule is C=CCN(C)CC1OC(c2ccc(NC(=O)Nc3ccc(Oc4ccccc4)cc3)cc2)OC(c2ccc(CO)cc2)C1C. The maximum atomic E-state index is 12.7. The number of aliphatic hydroxyl groups is 1. The Kier molecular flexibility index (Phi) is 10.4. The average molecular weight is 594 g/mol. The Bertz CT molecular complexity index is 1490. The molecule has 44 heavy (non-hydrogen) atoms. The van der Waals surface area contributed by atoms with Gasteiger partial charge in [-0.05, 0) is 66.7 Å². The number of aliphatic hydroxyl groups excluding tert-OH is 1. The molecule has 1 heterocycles. The minimum absolute atomic E-state index is 0.00350. The molecule has 228 valence electrons. The molecule has 5 rings (SSSR count). The summed E-state index contributed by atoms with van der Waals surface area (Å²) in [6.45, 7) is 7.47. The van der Waals surface area contributed by atoms with Crippen LogP contribution in [-0.2, 0) is 16.1 Å². The van der Waals surface area contributed by atoms with Gasteiger partial charge in [0.15, 0.2) is 6.29 Å². The number of nitrogens with one attached hydrogen (secondary N) is 2. The van der Waals surface area contributed by atoms with Gasteiger partial charge in [0.1, 0.15) is 11.5 Å². The number of ether oxygens (including phenoxy) is 3. The molecule has 4 aromatic rings. The topological polar surface area (TPSA) is 92.3 Å². The molecule has 3 N–H and O–H groups in total. The molecule has 8 heteroatoms. The van der Waals surface area contributed by atoms with Gasteiger partial charge in [-0.25, -0.2) is 4.79 Å². The van der Waals surface area contributed by atoms with Crippen molar-refractivity contribution < 1.29 is 24.1 Å². The van der Waals surface area contributed by atoms with Crippen molar-refractivity contribution in [2.75, 3.05) is 30.8 Å². The van der Waals surface area contributed by atoms with Crippen LogP contribution >= 0.6 is 0 Å². The summed E-state index contributed by atoms with van der Waals surface area (Å²) in [5, 5.41) is 15.2. The number of benzene rings is 4. The van der Waals surface area contributed by atoms with Gasteiger partial charge < -0.3 is 34.9 Å². The molecule has 2 amide bonds. The van der Waals surface area contributed by atoms with Crippen LogP contribution in [0, 0.1) is 5.92 Å². The average Bonchev–Trinajstić information content (AvgIpc) is 3.04. The standard InChI is InChI=1S/C36H39N3O5/c1-4-22-39(3)23-33-25(2)34(27-12-10-26(24-40)11-13-27)44-35(43-33)28-14-16-29(17-15-28)37-36(41)38-30-18-20-32(21-19-30)42-31-8-6-5-7-9-31/h4-21,25,33-35,40H,1,22-24H2,2-3H3,(H2,37,38,41). The molecule has 4 atom stereocenters. The Morgan fingerprint density at radius 2 is 1.45 bits per heavy atom. The molecule has 0 radical (unpaired) electrons. The lowest BCUT2D eigenvalue weighted by atomic mass is 9.90. The molecule has 0 saturated carbocycles. The fraction of sp³-hybridized carbons (Fsp3) is 0.250. The lowest BCUT2D eigenvalue weighted by molar-refractivity contribution is -0.275. The highest BCUT2D eigenvalue weighted by molar-refractivity contribution is 5.99. The van der Waals surface area contributed by atoms with Gasteiger partial charge in [0, 0.05) is 35.9 Å². The molecule has 0 aliphatic carbocycles. The van der Waals surface area contributed by atoms with E-state index in [0.717, 1.165) is 35.5 Å². The van der Waals surface area contributed by atoms with E-state index in [0.29, 0.717) is 17.1 Å². The Morgan fingerprint density at radius 3 is 2.07 bits per heavy atom. The predicted molar refractivity (Wildman–Crippen MR) is 173 cm³/mol. The maximum Gasteiger partial charge on any atom is 0.323 e. The van der Waals surface area contributed by atoms with E-state index >= 15 is 0 Å². The van der Waals surface area contributed by atoms with Crippen LogP contribution in [0.25, 0.3) is 0 Å². The highest BCUT2D eigenvalue weighted by Crippen LogP contribution is 2.42. The smallest absolute Gasteiger partial charge is 0.323 e. The van der Waals surface area contributed by atoms with E-state index in [1.807, 2.05) is 92.0 Å². The van der Waals surface area contributed by atoms with Gasteiger partial charge in [0.05, 0.1) is 18.8 Å². The van der Waals surface area contributed by atoms with E-state index in [1.54, 1.807) is 24.3 Å². The number of rotatable bonds is 11. The molecule has 1 aliphatic heterocycles. The van der Waals surface area contributed by atoms with E-state index in [9.17, 15) is 9.90 Å². The molecule has 0 bridgehead atoms. The van der Waals surface area contributed by atoms with Gasteiger partial charge in [-0.2, -0.15) is 0 Å². The quantitative estimate of drug-likeness (QED) is 0.156. The molecular weight excluding hydrogens is 554 g/mol. The Morgan fingerprint density at radius 1 is 0.864 bits per heavy atom. The van der Waals surface area contributed by atoms with Gasteiger partial charge in [-0.15, -0.1) is 6.58 Å². The first-order chi connectivity index (χ1) is 21.4. The Balaban J connectivity index is 1.22. The second kappa shape index (κ2) is 14.8. The zero-order chi connectivity index (χ0) is 30.9. The van der Waals surface area contributed by atoms with Gasteiger partial charge in [-0.1, -0.05) is 67.6 Å². The maximum absolute atomic E-state index is 12.7. The van der Waals surface area contributed by atoms with E-state index < -0.39 is 6.29 Å². The zero-order valence-corrected chi connectivity index (χ0v) is 25.1. The van der Waals surface area contributed by atoms with Crippen molar-refractivity contribution in [2.24, 2.45) is 5.92 Å². The lowest BCUT2D eigenvalue weighted by Crippen LogP contribution is -2.43. The third kappa shape index (κ3) is 8.12. The van der Waals surface area contributed by atoms with Crippen LogP contribution in [0.2, 0.25) is 0 Å². The van der Waals surface area contributed by atoms with Crippen LogP contribution in [-0.4, -0.2) is 42.3 Å². The molecule has 0 aromatic heterocycles. The fourth-order valence-corrected chi connectivity index (χ4v) is 5.18. The third-order valence-electron chi connectivity index (χ3n) is 7.59. The summed E-state index contributed by atoms with van der Waals surface area (Å²) in [7, 11) is 2.05. The highest BCUT2D eigenvalue weighted by Gasteiger charge is 2.38. The molecular formula is C36H39N3O5. The molecule has 4 unspecified atom stereocenters. The van der Waals surface area contributed by atoms with Crippen molar-refractivity contribution in [3.05, 3.63) is 132 Å². The molecule has 0 spiro atoms. The molecule has 1 fully saturated rings. The largest absolute Gasteiger partial charge is 0.457 e. The number of carbonyl (C=O) groups excluding carboxylic acids is 1. The zero-order valence-electron chi connectivity index (χ0n) is 25.1. The monoisotopic (exact) mass is 593 g/mol. The Hall–Kier alpha value is -4.47. The van der Waals surface area contributed by atoms with E-state index in [-0.39, 0.29) is 30.8 Å². The molecule has 8 nitrogen and oxygen atoms in total. The number of anilines is 2. The number of amides is 2. The Labute approximate surface area is 258 Å². The number of carbonyl (C=O) groups is 1. The summed E-state index contributed by atoms with van der Waals surface area (Å²) >= 11 is 0. The second-order valence-corrected chi connectivity index (χ2v) is 11.0. The third-order valence-corrected chi connectivity index (χ3v) is 7.59. The van der Waals surface area contributed by atoms with E-state index in [2.05, 4.69) is 29.0 Å². The van der Waals surface area contributed by atoms with Gasteiger partial charge in [0.25, 0.3) is 0 Å². The van der Waals surface area contributed by atoms with Crippen LogP contribution in [0.15, 0.2) is 116 Å². The lowest BCUT2D eigenvalue weighted by Gasteiger charge is -2.42. The summed E-state index contributed by atoms with van der Waals surface area (Å²) in [6, 6.07) is 31.7. The molecule has 1 saturated heterocycles. The van der Waals surface area contributed by atoms with E-state index in [1.165, 1.54) is 0 Å². The van der Waals surface area contributed by atoms with Crippen LogP contribution in [0.5, 0.6) is 11.5 Å². The first-order valence-corrected chi connectivity index (χ1v) is 14.7. The summed E-state index contributed by atoms with van der Waals surface area (Å²) < 4.78 is 18.8. The van der Waals surface area contributed by atoms with Gasteiger partial charge >= 0.3 is 6.03 Å². The van der Waals surface area contributed by atoms with E-state index in [4.69, 9.17) is 14.2 Å². The summed E-state index contributed by atoms with van der Waals surface area (Å²) in [6.07, 6.45) is 1.01. The normalized spacial score (nSPS) is 19.7. The summed E-state index contributed by atoms with van der Waals surface area (Å²) in [4.78, 5) is 14.9. The minimum Gasteiger partial charge on any atom is -0.457 e. The van der Waals surface area contributed by atoms with Crippen molar-refractivity contribution in [1.82, 2.24) is 4.90 Å². The number of likely N-dealkylation sites (N-methyl/N-ethyl adjacent to an activating group) is 1. The number of hydrogen-bond donors (Lipinski definition) is 3. The first kappa shape index (κ1) is 31.0. The van der Waals surface area contributed by atoms with Crippen molar-refractivity contribution in [3.63, 3.8) is 0 Å². The first-order valence-electron chi connectivity index (χ1n) is 14.7. The van der Waals surface area contributed by atoms with Crippen molar-refractivity contribution >= 4 is 17.4 Å². The van der Waals surface area contributed by atoms with Crippen LogP contribution in [0.3, 0.4) is 0 Å². The van der Waals surface area contributed by atoms with Crippen molar-refractivity contribution in [1.29, 1.82) is 0 Å². The number of urea groups is 1. The predicted octanol–water partition coefficient (Wildman–Crippen LogP) is 7.52. The van der Waals surface area contributed by atoms with Gasteiger partial charge in [0.2, 0.25) is 0 Å². The molecule has 4 aromatic carbocycles. The minimum atomic E-state index is -0.588. The fourth-order valence-electron chi connectivity index (χ4n) is 5.18. The summed E-state index contributed by atoms with van der Waals surface area (Å²) in [5.74, 6) is 1.51. The van der Waals surface area contributed by atoms with Crippen LogP contribution in [0.4, 0.5) is 16.2 Å². The van der Waals surface area contributed by atoms with Gasteiger partial charge in [-0.3, -0.25) is 0 Å². The number of nitrogens with zero attached hydrogens (tertiary/aromatic N) is 1. The van der Waals surface area contributed by atoms with Crippen LogP contribution < -0.4 is 15.4 Å². The second-order valence-electron chi connectivity index (χ2n) is 11.0. The van der Waals surface area contributed by atoms with Crippen molar-refractivity contribution in [3.8, 4) is 11.5 Å². The van der Waals surface area contributed by atoms with Crippen LogP contribution in [0.1, 0.15) is 36.0 Å². The molecule has 1 aliphatic rings. The summed E-state index contributed by atoms with van der Waals surface area (Å²) in [5.41, 5.74) is 4.02. The number of hydrogen-bond acceptors (Lipinski definition) is 6. The van der Waals surface area contributed by atoms with Crippen molar-refractivity contribution in [2.45, 2.75) is 32.0 Å². The highest BCUT2D eigenvalue weighted by atomic mass is 16.7.